The van der Waals surface area contributed by atoms with Crippen molar-refractivity contribution in [2.75, 3.05) is 31.1 Å². The van der Waals surface area contributed by atoms with E-state index in [1.807, 2.05) is 11.8 Å². The van der Waals surface area contributed by atoms with Crippen LogP contribution < -0.4 is 5.32 Å². The molecule has 0 aromatic heterocycles. The Balaban J connectivity index is 2.14. The summed E-state index contributed by atoms with van der Waals surface area (Å²) in [5.41, 5.74) is 0. The van der Waals surface area contributed by atoms with Crippen molar-refractivity contribution in [1.82, 2.24) is 10.2 Å². The van der Waals surface area contributed by atoms with E-state index in [1.54, 1.807) is 0 Å². The lowest BCUT2D eigenvalue weighted by Gasteiger charge is -2.32. The zero-order valence-electron chi connectivity index (χ0n) is 10.5. The first-order valence-corrected chi connectivity index (χ1v) is 7.41. The van der Waals surface area contributed by atoms with Gasteiger partial charge in [-0.3, -0.25) is 4.90 Å². The second-order valence-electron chi connectivity index (χ2n) is 4.48. The summed E-state index contributed by atoms with van der Waals surface area (Å²) >= 11 is 2.01. The van der Waals surface area contributed by atoms with Crippen LogP contribution in [-0.4, -0.2) is 48.1 Å². The molecule has 92 valence electrons. The first-order chi connectivity index (χ1) is 7.76. The maximum Gasteiger partial charge on any atom is 0.0598 e. The zero-order chi connectivity index (χ0) is 11.8. The van der Waals surface area contributed by atoms with E-state index in [1.165, 1.54) is 24.3 Å². The van der Waals surface area contributed by atoms with Crippen LogP contribution in [-0.2, 0) is 0 Å². The molecular formula is C13H24N2S. The molecule has 1 heterocycles. The van der Waals surface area contributed by atoms with Crippen LogP contribution in [0.4, 0.5) is 0 Å². The molecule has 1 fully saturated rings. The van der Waals surface area contributed by atoms with E-state index in [0.29, 0.717) is 12.1 Å². The largest absolute Gasteiger partial charge is 0.311 e. The van der Waals surface area contributed by atoms with Gasteiger partial charge in [-0.05, 0) is 25.5 Å². The molecule has 2 nitrogen and oxygen atoms in total. The predicted octanol–water partition coefficient (Wildman–Crippen LogP) is 1.82. The monoisotopic (exact) mass is 240 g/mol. The minimum atomic E-state index is 0.633. The highest BCUT2D eigenvalue weighted by molar-refractivity contribution is 7.99. The number of terminal acetylenes is 1. The van der Waals surface area contributed by atoms with Crippen molar-refractivity contribution in [2.24, 2.45) is 0 Å². The van der Waals surface area contributed by atoms with Crippen LogP contribution in [0.2, 0.25) is 0 Å². The van der Waals surface area contributed by atoms with E-state index in [0.717, 1.165) is 19.6 Å². The molecule has 1 N–H and O–H groups in total. The van der Waals surface area contributed by atoms with Gasteiger partial charge in [0, 0.05) is 30.9 Å². The molecule has 1 rings (SSSR count). The number of nitrogens with one attached hydrogen (secondary N) is 1. The molecule has 1 saturated heterocycles. The van der Waals surface area contributed by atoms with Crippen molar-refractivity contribution in [3.8, 4) is 12.3 Å². The Hall–Kier alpha value is -0.170. The highest BCUT2D eigenvalue weighted by Crippen LogP contribution is 2.11. The molecule has 0 aromatic carbocycles. The van der Waals surface area contributed by atoms with E-state index in [9.17, 15) is 0 Å². The number of thioether (sulfide) groups is 1. The molecule has 1 unspecified atom stereocenters. The quantitative estimate of drug-likeness (QED) is 0.713. The van der Waals surface area contributed by atoms with Crippen LogP contribution in [0.15, 0.2) is 0 Å². The molecule has 0 aliphatic carbocycles. The molecule has 0 aromatic rings. The molecule has 0 saturated carbocycles. The Morgan fingerprint density at radius 3 is 2.75 bits per heavy atom. The number of rotatable bonds is 6. The van der Waals surface area contributed by atoms with Crippen molar-refractivity contribution in [3.05, 3.63) is 0 Å². The van der Waals surface area contributed by atoms with Gasteiger partial charge in [0.05, 0.1) is 6.54 Å². The first-order valence-electron chi connectivity index (χ1n) is 6.25. The number of hydrogen-bond acceptors (Lipinski definition) is 3. The smallest absolute Gasteiger partial charge is 0.0598 e. The number of hydrogen-bond donors (Lipinski definition) is 1. The minimum absolute atomic E-state index is 0.633. The van der Waals surface area contributed by atoms with Crippen molar-refractivity contribution >= 4 is 11.8 Å². The van der Waals surface area contributed by atoms with Gasteiger partial charge >= 0.3 is 0 Å². The Bertz CT molecular complexity index is 216. The molecule has 3 heteroatoms. The number of nitrogens with zero attached hydrogens (tertiary/aromatic N) is 1. The first kappa shape index (κ1) is 13.9. The van der Waals surface area contributed by atoms with Gasteiger partial charge in [0.1, 0.15) is 0 Å². The fraction of sp³-hybridized carbons (Fsp3) is 0.846. The second kappa shape index (κ2) is 8.00. The van der Waals surface area contributed by atoms with Crippen LogP contribution in [0.5, 0.6) is 0 Å². The third-order valence-electron chi connectivity index (χ3n) is 2.99. The number of piperidine rings is 1. The molecule has 0 bridgehead atoms. The highest BCUT2D eigenvalue weighted by Gasteiger charge is 2.19. The molecular weight excluding hydrogens is 216 g/mol. The van der Waals surface area contributed by atoms with Gasteiger partial charge in [0.15, 0.2) is 0 Å². The lowest BCUT2D eigenvalue weighted by Crippen LogP contribution is -2.46. The van der Waals surface area contributed by atoms with Crippen LogP contribution in [0.3, 0.4) is 0 Å². The predicted molar refractivity (Wildman–Crippen MR) is 73.9 cm³/mol. The summed E-state index contributed by atoms with van der Waals surface area (Å²) in [6, 6.07) is 1.33. The summed E-state index contributed by atoms with van der Waals surface area (Å²) in [7, 11) is 0. The van der Waals surface area contributed by atoms with E-state index in [2.05, 4.69) is 30.0 Å². The van der Waals surface area contributed by atoms with E-state index in [-0.39, 0.29) is 0 Å². The van der Waals surface area contributed by atoms with Crippen molar-refractivity contribution < 1.29 is 0 Å². The Kier molecular flexibility index (Phi) is 6.95. The lowest BCUT2D eigenvalue weighted by molar-refractivity contribution is 0.213. The molecule has 0 spiro atoms. The van der Waals surface area contributed by atoms with Gasteiger partial charge in [-0.25, -0.2) is 0 Å². The van der Waals surface area contributed by atoms with Gasteiger partial charge < -0.3 is 5.32 Å². The van der Waals surface area contributed by atoms with Crippen LogP contribution in [0.25, 0.3) is 0 Å². The van der Waals surface area contributed by atoms with E-state index >= 15 is 0 Å². The summed E-state index contributed by atoms with van der Waals surface area (Å²) in [5, 5.41) is 3.72. The minimum Gasteiger partial charge on any atom is -0.311 e. The Morgan fingerprint density at radius 1 is 1.50 bits per heavy atom. The molecule has 1 aliphatic heterocycles. The SMILES string of the molecule is C#CCN1CCC(NC(C)CSCC)CC1. The summed E-state index contributed by atoms with van der Waals surface area (Å²) < 4.78 is 0. The molecule has 0 amide bonds. The Morgan fingerprint density at radius 2 is 2.19 bits per heavy atom. The van der Waals surface area contributed by atoms with Gasteiger partial charge in [-0.2, -0.15) is 11.8 Å². The summed E-state index contributed by atoms with van der Waals surface area (Å²) in [6.45, 7) is 7.62. The van der Waals surface area contributed by atoms with Gasteiger partial charge in [-0.1, -0.05) is 12.8 Å². The van der Waals surface area contributed by atoms with E-state index < -0.39 is 0 Å². The molecule has 1 aliphatic rings. The fourth-order valence-corrected chi connectivity index (χ4v) is 2.82. The molecule has 1 atom stereocenters. The van der Waals surface area contributed by atoms with Crippen LogP contribution in [0.1, 0.15) is 26.7 Å². The maximum absolute atomic E-state index is 5.32. The van der Waals surface area contributed by atoms with Crippen LogP contribution in [0, 0.1) is 12.3 Å². The highest BCUT2D eigenvalue weighted by atomic mass is 32.2. The maximum atomic E-state index is 5.32. The van der Waals surface area contributed by atoms with Gasteiger partial charge in [0.2, 0.25) is 0 Å². The zero-order valence-corrected chi connectivity index (χ0v) is 11.4. The molecule has 16 heavy (non-hydrogen) atoms. The van der Waals surface area contributed by atoms with Crippen molar-refractivity contribution in [1.29, 1.82) is 0 Å². The Labute approximate surface area is 105 Å². The summed E-state index contributed by atoms with van der Waals surface area (Å²) in [6.07, 6.45) is 7.80. The topological polar surface area (TPSA) is 15.3 Å². The van der Waals surface area contributed by atoms with Crippen molar-refractivity contribution in [3.63, 3.8) is 0 Å². The normalized spacial score (nSPS) is 20.6. The average Bonchev–Trinajstić information content (AvgIpc) is 2.29. The third kappa shape index (κ3) is 5.25. The fourth-order valence-electron chi connectivity index (χ4n) is 2.13. The third-order valence-corrected chi connectivity index (χ3v) is 4.14. The van der Waals surface area contributed by atoms with E-state index in [4.69, 9.17) is 6.42 Å². The van der Waals surface area contributed by atoms with Gasteiger partial charge in [-0.15, -0.1) is 6.42 Å². The lowest BCUT2D eigenvalue weighted by atomic mass is 10.0. The standard InChI is InChI=1S/C13H24N2S/c1-4-8-15-9-6-13(7-10-15)14-12(3)11-16-5-2/h1,12-14H,5-11H2,2-3H3. The average molecular weight is 240 g/mol. The van der Waals surface area contributed by atoms with Gasteiger partial charge in [0.25, 0.3) is 0 Å². The summed E-state index contributed by atoms with van der Waals surface area (Å²) in [5.74, 6) is 5.16. The second-order valence-corrected chi connectivity index (χ2v) is 5.80. The molecule has 0 radical (unpaired) electrons. The van der Waals surface area contributed by atoms with Crippen molar-refractivity contribution in [2.45, 2.75) is 38.8 Å². The van der Waals surface area contributed by atoms with Crippen LogP contribution >= 0.6 is 11.8 Å². The number of likely N-dealkylation sites (tertiary alicyclic amines) is 1. The summed E-state index contributed by atoms with van der Waals surface area (Å²) in [4.78, 5) is 2.36.